The van der Waals surface area contributed by atoms with Crippen LogP contribution in [0.25, 0.3) is 0 Å². The van der Waals surface area contributed by atoms with Crippen LogP contribution in [0.15, 0.2) is 18.2 Å². The summed E-state index contributed by atoms with van der Waals surface area (Å²) < 4.78 is 5.24. The summed E-state index contributed by atoms with van der Waals surface area (Å²) in [5, 5.41) is 8.66. The molecule has 13 heavy (non-hydrogen) atoms. The summed E-state index contributed by atoms with van der Waals surface area (Å²) in [6.45, 7) is 1.17. The van der Waals surface area contributed by atoms with Crippen molar-refractivity contribution in [2.75, 3.05) is 0 Å². The fourth-order valence-corrected chi connectivity index (χ4v) is 1.60. The van der Waals surface area contributed by atoms with E-state index in [0.29, 0.717) is 13.2 Å². The highest BCUT2D eigenvalue weighted by Crippen LogP contribution is 2.23. The van der Waals surface area contributed by atoms with E-state index in [1.165, 1.54) is 0 Å². The Balaban J connectivity index is 2.36. The number of fused-ring (bicyclic) bond motifs is 1. The van der Waals surface area contributed by atoms with Crippen molar-refractivity contribution in [3.05, 3.63) is 34.9 Å². The lowest BCUT2D eigenvalue weighted by atomic mass is 10.0. The maximum atomic E-state index is 10.5. The van der Waals surface area contributed by atoms with Crippen molar-refractivity contribution in [1.29, 1.82) is 0 Å². The zero-order valence-electron chi connectivity index (χ0n) is 7.12. The second kappa shape index (κ2) is 3.18. The van der Waals surface area contributed by atoms with Gasteiger partial charge in [0, 0.05) is 0 Å². The summed E-state index contributed by atoms with van der Waals surface area (Å²) in [5.41, 5.74) is 3.06. The van der Waals surface area contributed by atoms with Gasteiger partial charge in [0.05, 0.1) is 19.6 Å². The lowest BCUT2D eigenvalue weighted by Gasteiger charge is -2.03. The molecule has 0 radical (unpaired) electrons. The van der Waals surface area contributed by atoms with Crippen LogP contribution >= 0.6 is 0 Å². The smallest absolute Gasteiger partial charge is 0.307 e. The van der Waals surface area contributed by atoms with Gasteiger partial charge in [-0.25, -0.2) is 0 Å². The van der Waals surface area contributed by atoms with Crippen LogP contribution in [0.5, 0.6) is 0 Å². The van der Waals surface area contributed by atoms with Gasteiger partial charge in [-0.2, -0.15) is 0 Å². The van der Waals surface area contributed by atoms with E-state index in [0.717, 1.165) is 16.7 Å². The Hall–Kier alpha value is -1.35. The Bertz CT molecular complexity index is 344. The number of hydrogen-bond donors (Lipinski definition) is 1. The van der Waals surface area contributed by atoms with Gasteiger partial charge in [-0.05, 0) is 16.7 Å². The maximum absolute atomic E-state index is 10.5. The van der Waals surface area contributed by atoms with Crippen molar-refractivity contribution < 1.29 is 14.6 Å². The molecule has 0 atom stereocenters. The maximum Gasteiger partial charge on any atom is 0.307 e. The number of ether oxygens (including phenoxy) is 1. The Labute approximate surface area is 76.0 Å². The number of hydrogen-bond acceptors (Lipinski definition) is 2. The Morgan fingerprint density at radius 3 is 3.08 bits per heavy atom. The summed E-state index contributed by atoms with van der Waals surface area (Å²) in [6, 6.07) is 5.71. The summed E-state index contributed by atoms with van der Waals surface area (Å²) >= 11 is 0. The van der Waals surface area contributed by atoms with Gasteiger partial charge < -0.3 is 9.84 Å². The Morgan fingerprint density at radius 1 is 1.46 bits per heavy atom. The van der Waals surface area contributed by atoms with Crippen molar-refractivity contribution in [2.24, 2.45) is 0 Å². The molecule has 0 aliphatic carbocycles. The average Bonchev–Trinajstić information content (AvgIpc) is 2.51. The summed E-state index contributed by atoms with van der Waals surface area (Å²) in [6.07, 6.45) is 0.0898. The molecule has 1 N–H and O–H groups in total. The van der Waals surface area contributed by atoms with Crippen LogP contribution in [0, 0.1) is 0 Å². The molecule has 1 aromatic rings. The molecule has 68 valence electrons. The molecule has 2 rings (SSSR count). The number of carbonyl (C=O) groups is 1. The molecule has 0 saturated heterocycles. The van der Waals surface area contributed by atoms with Gasteiger partial charge in [-0.15, -0.1) is 0 Å². The minimum absolute atomic E-state index is 0.0898. The second-order valence-electron chi connectivity index (χ2n) is 3.12. The van der Waals surface area contributed by atoms with E-state index >= 15 is 0 Å². The van der Waals surface area contributed by atoms with Crippen molar-refractivity contribution in [3.63, 3.8) is 0 Å². The third kappa shape index (κ3) is 1.55. The van der Waals surface area contributed by atoms with Crippen molar-refractivity contribution in [2.45, 2.75) is 19.6 Å². The van der Waals surface area contributed by atoms with Crippen LogP contribution in [-0.2, 0) is 29.2 Å². The van der Waals surface area contributed by atoms with Crippen LogP contribution in [0.1, 0.15) is 16.7 Å². The van der Waals surface area contributed by atoms with Gasteiger partial charge in [-0.3, -0.25) is 4.79 Å². The molecule has 1 aromatic carbocycles. The van der Waals surface area contributed by atoms with Crippen LogP contribution in [0.3, 0.4) is 0 Å². The highest BCUT2D eigenvalue weighted by molar-refractivity contribution is 5.71. The van der Waals surface area contributed by atoms with Gasteiger partial charge in [0.15, 0.2) is 0 Å². The highest BCUT2D eigenvalue weighted by atomic mass is 16.5. The molecule has 1 aliphatic rings. The highest BCUT2D eigenvalue weighted by Gasteiger charge is 2.15. The number of rotatable bonds is 2. The summed E-state index contributed by atoms with van der Waals surface area (Å²) in [7, 11) is 0. The standard InChI is InChI=1S/C10H10O3/c11-10(12)4-7-2-1-3-8-5-13-6-9(7)8/h1-3H,4-6H2,(H,11,12). The summed E-state index contributed by atoms with van der Waals surface area (Å²) in [5.74, 6) is -0.791. The summed E-state index contributed by atoms with van der Waals surface area (Å²) in [4.78, 5) is 10.5. The van der Waals surface area contributed by atoms with E-state index in [2.05, 4.69) is 0 Å². The van der Waals surface area contributed by atoms with Gasteiger partial charge >= 0.3 is 5.97 Å². The first-order valence-corrected chi connectivity index (χ1v) is 4.16. The Kier molecular flexibility index (Phi) is 2.02. The molecule has 0 aromatic heterocycles. The van der Waals surface area contributed by atoms with E-state index in [9.17, 15) is 4.79 Å². The van der Waals surface area contributed by atoms with E-state index in [1.807, 2.05) is 18.2 Å². The molecule has 0 saturated carbocycles. The molecule has 1 aliphatic heterocycles. The molecule has 0 bridgehead atoms. The topological polar surface area (TPSA) is 46.5 Å². The van der Waals surface area contributed by atoms with E-state index in [4.69, 9.17) is 9.84 Å². The Morgan fingerprint density at radius 2 is 2.31 bits per heavy atom. The molecule has 0 fully saturated rings. The molecule has 3 heteroatoms. The molecular formula is C10H10O3. The fraction of sp³-hybridized carbons (Fsp3) is 0.300. The molecule has 0 spiro atoms. The first kappa shape index (κ1) is 8.26. The van der Waals surface area contributed by atoms with Crippen molar-refractivity contribution in [3.8, 4) is 0 Å². The van der Waals surface area contributed by atoms with Gasteiger partial charge in [0.25, 0.3) is 0 Å². The van der Waals surface area contributed by atoms with Crippen LogP contribution in [0.4, 0.5) is 0 Å². The number of carboxylic acid groups (broad SMARTS) is 1. The zero-order valence-corrected chi connectivity index (χ0v) is 7.12. The fourth-order valence-electron chi connectivity index (χ4n) is 1.60. The quantitative estimate of drug-likeness (QED) is 0.743. The lowest BCUT2D eigenvalue weighted by Crippen LogP contribution is -2.03. The average molecular weight is 178 g/mol. The van der Waals surface area contributed by atoms with Crippen LogP contribution in [0.2, 0.25) is 0 Å². The third-order valence-electron chi connectivity index (χ3n) is 2.22. The molecule has 3 nitrogen and oxygen atoms in total. The third-order valence-corrected chi connectivity index (χ3v) is 2.22. The van der Waals surface area contributed by atoms with E-state index < -0.39 is 5.97 Å². The largest absolute Gasteiger partial charge is 0.481 e. The van der Waals surface area contributed by atoms with Crippen LogP contribution in [-0.4, -0.2) is 11.1 Å². The number of carboxylic acids is 1. The van der Waals surface area contributed by atoms with E-state index in [1.54, 1.807) is 0 Å². The van der Waals surface area contributed by atoms with Crippen molar-refractivity contribution >= 4 is 5.97 Å². The molecule has 0 unspecified atom stereocenters. The monoisotopic (exact) mass is 178 g/mol. The number of benzene rings is 1. The predicted octanol–water partition coefficient (Wildman–Crippen LogP) is 1.34. The first-order chi connectivity index (χ1) is 6.27. The van der Waals surface area contributed by atoms with Gasteiger partial charge in [0.1, 0.15) is 0 Å². The second-order valence-corrected chi connectivity index (χ2v) is 3.12. The predicted molar refractivity (Wildman–Crippen MR) is 46.3 cm³/mol. The van der Waals surface area contributed by atoms with Crippen LogP contribution < -0.4 is 0 Å². The molecule has 0 amide bonds. The minimum atomic E-state index is -0.791. The molecular weight excluding hydrogens is 168 g/mol. The van der Waals surface area contributed by atoms with Crippen molar-refractivity contribution in [1.82, 2.24) is 0 Å². The van der Waals surface area contributed by atoms with E-state index in [-0.39, 0.29) is 6.42 Å². The minimum Gasteiger partial charge on any atom is -0.481 e. The SMILES string of the molecule is O=C(O)Cc1cccc2c1COC2. The van der Waals surface area contributed by atoms with Gasteiger partial charge in [-0.1, -0.05) is 18.2 Å². The number of aliphatic carboxylic acids is 1. The van der Waals surface area contributed by atoms with Gasteiger partial charge in [0.2, 0.25) is 0 Å². The zero-order chi connectivity index (χ0) is 9.26. The molecule has 1 heterocycles. The lowest BCUT2D eigenvalue weighted by molar-refractivity contribution is -0.136. The normalized spacial score (nSPS) is 14.2. The first-order valence-electron chi connectivity index (χ1n) is 4.16.